The van der Waals surface area contributed by atoms with Gasteiger partial charge in [0.25, 0.3) is 0 Å². The fraction of sp³-hybridized carbons (Fsp3) is 0.0427. The molecule has 0 atom stereocenters. The van der Waals surface area contributed by atoms with Crippen molar-refractivity contribution in [3.63, 3.8) is 0 Å². The standard InChI is InChI=1S/C66H51N.C51H45N/c1-7-25-55(26-8-1)64(56-27-9-2-10-28-56)37-19-22-52-40-46-61(47-41-52)67(62-48-42-53(43-49-62)23-20-38-65(57-29-11-3-12-30-57)58-31-13-4-14-32-58)63-50-44-54(45-51-63)24-21-39-66(59-33-15-5-16-34-59)60-35-17-6-18-36-60;1-36-6-20-43(21-7-36)50(44-22-8-37(2)9-23-44)34-41-16-30-48(31-17-41)52(47-28-14-40(5)15-29-47)49-32-18-42(19-33-49)35-51(45-24-10-38(3)11-25-45)46-26-12-39(4)13-27-46/h1-51H;6-35H,1-5H3. The highest BCUT2D eigenvalue weighted by molar-refractivity contribution is 5.94. The SMILES string of the molecule is C(=Cc1ccc(N(c2ccc(C=CC=C(c3ccccc3)c3ccccc3)cc2)c2ccc(C=CC=C(c3ccccc3)c3ccccc3)cc2)cc1)C=C(c1ccccc1)c1ccccc1.Cc1ccc(C(=Cc2ccc(N(c3ccc(C)cc3)c3ccc(C=C(c4ccc(C)cc4)c4ccc(C)cc4)cc3)cc2)c2ccc(C)cc2)cc1. The van der Waals surface area contributed by atoms with Gasteiger partial charge in [-0.25, -0.2) is 0 Å². The molecule has 16 aromatic carbocycles. The number of nitrogens with zero attached hydrogens (tertiary/aromatic N) is 2. The Morgan fingerprint density at radius 2 is 0.319 bits per heavy atom. The van der Waals surface area contributed by atoms with E-state index in [4.69, 9.17) is 0 Å². The van der Waals surface area contributed by atoms with Gasteiger partial charge in [0.15, 0.2) is 0 Å². The third kappa shape index (κ3) is 21.1. The second kappa shape index (κ2) is 39.4. The predicted molar refractivity (Wildman–Crippen MR) is 513 cm³/mol. The first-order chi connectivity index (χ1) is 58.5. The molecule has 0 N–H and O–H groups in total. The Hall–Kier alpha value is -15.0. The van der Waals surface area contributed by atoms with Crippen LogP contribution in [-0.4, -0.2) is 0 Å². The van der Waals surface area contributed by atoms with E-state index in [0.29, 0.717) is 0 Å². The van der Waals surface area contributed by atoms with Crippen LogP contribution >= 0.6 is 0 Å². The maximum atomic E-state index is 2.34. The van der Waals surface area contributed by atoms with Crippen LogP contribution in [0.4, 0.5) is 34.1 Å². The molecule has 0 spiro atoms. The number of benzene rings is 16. The smallest absolute Gasteiger partial charge is 0.0462 e. The molecule has 0 aromatic heterocycles. The second-order valence-corrected chi connectivity index (χ2v) is 30.1. The number of allylic oxidation sites excluding steroid dienone is 6. The Bertz CT molecular complexity index is 5480. The van der Waals surface area contributed by atoms with Crippen molar-refractivity contribution < 1.29 is 0 Å². The van der Waals surface area contributed by atoms with Crippen LogP contribution in [0.5, 0.6) is 0 Å². The van der Waals surface area contributed by atoms with E-state index in [-0.39, 0.29) is 0 Å². The topological polar surface area (TPSA) is 6.48 Å². The van der Waals surface area contributed by atoms with Gasteiger partial charge >= 0.3 is 0 Å². The molecule has 16 rings (SSSR count). The largest absolute Gasteiger partial charge is 0.311 e. The molecule has 16 aromatic rings. The van der Waals surface area contributed by atoms with Crippen molar-refractivity contribution in [3.05, 3.63) is 572 Å². The molecule has 0 saturated heterocycles. The van der Waals surface area contributed by atoms with E-state index < -0.39 is 0 Å². The van der Waals surface area contributed by atoms with Crippen LogP contribution in [0.1, 0.15) is 111 Å². The number of rotatable bonds is 24. The van der Waals surface area contributed by atoms with Crippen molar-refractivity contribution >= 4 is 92.4 Å². The minimum absolute atomic E-state index is 1.07. The molecule has 574 valence electrons. The molecule has 0 radical (unpaired) electrons. The molecule has 0 fully saturated rings. The van der Waals surface area contributed by atoms with Crippen molar-refractivity contribution in [2.24, 2.45) is 0 Å². The summed E-state index contributed by atoms with van der Waals surface area (Å²) in [6.45, 7) is 10.7. The first-order valence-corrected chi connectivity index (χ1v) is 40.9. The third-order valence-electron chi connectivity index (χ3n) is 21.3. The highest BCUT2D eigenvalue weighted by atomic mass is 15.1. The van der Waals surface area contributed by atoms with Gasteiger partial charge < -0.3 is 9.80 Å². The summed E-state index contributed by atoms with van der Waals surface area (Å²) in [7, 11) is 0. The minimum Gasteiger partial charge on any atom is -0.311 e. The quantitative estimate of drug-likeness (QED) is 0.0439. The molecule has 0 bridgehead atoms. The third-order valence-corrected chi connectivity index (χ3v) is 21.3. The van der Waals surface area contributed by atoms with Crippen molar-refractivity contribution in [2.75, 3.05) is 9.80 Å². The molecule has 2 nitrogen and oxygen atoms in total. The van der Waals surface area contributed by atoms with Crippen LogP contribution in [-0.2, 0) is 0 Å². The summed E-state index contributed by atoms with van der Waals surface area (Å²) in [6, 6.07) is 152. The first-order valence-electron chi connectivity index (χ1n) is 40.9. The number of hydrogen-bond acceptors (Lipinski definition) is 2. The maximum Gasteiger partial charge on any atom is 0.0462 e. The zero-order chi connectivity index (χ0) is 81.3. The number of aryl methyl sites for hydroxylation is 5. The lowest BCUT2D eigenvalue weighted by Crippen LogP contribution is -2.09. The zero-order valence-electron chi connectivity index (χ0n) is 68.2. The average molecular weight is 1530 g/mol. The molecule has 2 heteroatoms. The fourth-order valence-electron chi connectivity index (χ4n) is 14.7. The highest BCUT2D eigenvalue weighted by Crippen LogP contribution is 2.40. The van der Waals surface area contributed by atoms with Crippen molar-refractivity contribution in [3.8, 4) is 0 Å². The highest BCUT2D eigenvalue weighted by Gasteiger charge is 2.17. The van der Waals surface area contributed by atoms with Gasteiger partial charge in [-0.05, 0) is 231 Å². The predicted octanol–water partition coefficient (Wildman–Crippen LogP) is 31.5. The van der Waals surface area contributed by atoms with Gasteiger partial charge in [0.2, 0.25) is 0 Å². The van der Waals surface area contributed by atoms with Crippen LogP contribution in [0, 0.1) is 34.6 Å². The van der Waals surface area contributed by atoms with E-state index >= 15 is 0 Å². The van der Waals surface area contributed by atoms with Gasteiger partial charge in [-0.15, -0.1) is 0 Å². The van der Waals surface area contributed by atoms with E-state index in [9.17, 15) is 0 Å². The molecule has 0 aliphatic rings. The van der Waals surface area contributed by atoms with Gasteiger partial charge in [-0.1, -0.05) is 434 Å². The van der Waals surface area contributed by atoms with Gasteiger partial charge in [0.1, 0.15) is 0 Å². The summed E-state index contributed by atoms with van der Waals surface area (Å²) in [5, 5.41) is 0. The molecule has 0 amide bonds. The molecule has 119 heavy (non-hydrogen) atoms. The van der Waals surface area contributed by atoms with Gasteiger partial charge in [0.05, 0.1) is 0 Å². The first kappa shape index (κ1) is 79.3. The zero-order valence-corrected chi connectivity index (χ0v) is 68.2. The van der Waals surface area contributed by atoms with Gasteiger partial charge in [-0.2, -0.15) is 0 Å². The van der Waals surface area contributed by atoms with Crippen molar-refractivity contribution in [2.45, 2.75) is 34.6 Å². The second-order valence-electron chi connectivity index (χ2n) is 30.1. The Morgan fingerprint density at radius 3 is 0.513 bits per heavy atom. The minimum atomic E-state index is 1.07. The maximum absolute atomic E-state index is 2.34. The Labute approximate surface area is 704 Å². The van der Waals surface area contributed by atoms with E-state index in [1.807, 2.05) is 0 Å². The molecule has 0 heterocycles. The lowest BCUT2D eigenvalue weighted by molar-refractivity contribution is 1.27. The lowest BCUT2D eigenvalue weighted by Gasteiger charge is -2.26. The number of hydrogen-bond donors (Lipinski definition) is 0. The number of anilines is 6. The Kier molecular flexibility index (Phi) is 26.2. The monoisotopic (exact) mass is 1530 g/mol. The van der Waals surface area contributed by atoms with Crippen LogP contribution in [0.25, 0.3) is 58.2 Å². The van der Waals surface area contributed by atoms with Gasteiger partial charge in [-0.3, -0.25) is 0 Å². The Balaban J connectivity index is 0.000000192. The molecular weight excluding hydrogens is 1430 g/mol. The van der Waals surface area contributed by atoms with Crippen LogP contribution < -0.4 is 9.80 Å². The van der Waals surface area contributed by atoms with E-state index in [2.05, 4.69) is 536 Å². The molecule has 0 aliphatic carbocycles. The average Bonchev–Trinajstić information content (AvgIpc) is 0.801. The summed E-state index contributed by atoms with van der Waals surface area (Å²) in [4.78, 5) is 4.66. The molecular formula is C117H96N2. The van der Waals surface area contributed by atoms with Crippen LogP contribution in [0.15, 0.2) is 461 Å². The summed E-state index contributed by atoms with van der Waals surface area (Å²) < 4.78 is 0. The summed E-state index contributed by atoms with van der Waals surface area (Å²) >= 11 is 0. The molecule has 0 aliphatic heterocycles. The fourth-order valence-corrected chi connectivity index (χ4v) is 14.7. The van der Waals surface area contributed by atoms with Crippen LogP contribution in [0.2, 0.25) is 0 Å². The summed E-state index contributed by atoms with van der Waals surface area (Å²) in [6.07, 6.45) is 24.2. The van der Waals surface area contributed by atoms with Crippen molar-refractivity contribution in [1.29, 1.82) is 0 Å². The normalized spacial score (nSPS) is 11.0. The molecule has 0 saturated carbocycles. The van der Waals surface area contributed by atoms with Crippen LogP contribution in [0.3, 0.4) is 0 Å². The Morgan fingerprint density at radius 1 is 0.160 bits per heavy atom. The summed E-state index contributed by atoms with van der Waals surface area (Å²) in [5.74, 6) is 0. The van der Waals surface area contributed by atoms with Crippen molar-refractivity contribution in [1.82, 2.24) is 0 Å². The molecule has 0 unspecified atom stereocenters. The lowest BCUT2D eigenvalue weighted by atomic mass is 9.94. The van der Waals surface area contributed by atoms with E-state index in [1.165, 1.54) is 111 Å². The van der Waals surface area contributed by atoms with E-state index in [0.717, 1.165) is 61.9 Å². The van der Waals surface area contributed by atoms with Gasteiger partial charge in [0, 0.05) is 34.1 Å². The van der Waals surface area contributed by atoms with E-state index in [1.54, 1.807) is 0 Å². The summed E-state index contributed by atoms with van der Waals surface area (Å²) in [5.41, 5.74) is 36.5.